The van der Waals surface area contributed by atoms with Gasteiger partial charge in [-0.1, -0.05) is 73.7 Å². The largest absolute Gasteiger partial charge is 0.493 e. The molecule has 2 amide bonds. The molecule has 0 heterocycles. The Balaban J connectivity index is 1.82. The first kappa shape index (κ1) is 35.0. The molecule has 0 aliphatic rings. The molecule has 11 heteroatoms. The molecule has 9 nitrogen and oxygen atoms in total. The lowest BCUT2D eigenvalue weighted by atomic mass is 10.0. The molecule has 4 rings (SSSR count). The van der Waals surface area contributed by atoms with Gasteiger partial charge in [-0.25, -0.2) is 12.8 Å². The first-order valence-corrected chi connectivity index (χ1v) is 16.7. The molecular formula is C36H40FN3O6S. The van der Waals surface area contributed by atoms with Crippen molar-refractivity contribution in [1.29, 1.82) is 0 Å². The second-order valence-corrected chi connectivity index (χ2v) is 12.9. The molecule has 0 aliphatic heterocycles. The zero-order valence-corrected chi connectivity index (χ0v) is 27.7. The van der Waals surface area contributed by atoms with Gasteiger partial charge in [0.15, 0.2) is 11.5 Å². The van der Waals surface area contributed by atoms with Gasteiger partial charge in [0.25, 0.3) is 10.0 Å². The van der Waals surface area contributed by atoms with Crippen molar-refractivity contribution < 1.29 is 31.9 Å². The third-order valence-corrected chi connectivity index (χ3v) is 9.61. The molecule has 1 N–H and O–H groups in total. The Hall–Kier alpha value is -4.90. The van der Waals surface area contributed by atoms with Gasteiger partial charge in [-0.3, -0.25) is 13.9 Å². The normalized spacial score (nSPS) is 12.4. The number of hydrogen-bond donors (Lipinski definition) is 1. The maximum absolute atomic E-state index is 15.1. The second-order valence-electron chi connectivity index (χ2n) is 11.0. The Morgan fingerprint density at radius 3 is 2.09 bits per heavy atom. The van der Waals surface area contributed by atoms with Gasteiger partial charge in [-0.15, -0.1) is 0 Å². The minimum atomic E-state index is -4.37. The van der Waals surface area contributed by atoms with Crippen molar-refractivity contribution >= 4 is 27.5 Å². The van der Waals surface area contributed by atoms with E-state index in [1.807, 2.05) is 44.2 Å². The molecule has 2 atom stereocenters. The Bertz CT molecular complexity index is 1760. The lowest BCUT2D eigenvalue weighted by Gasteiger charge is -2.34. The number of halogens is 1. The van der Waals surface area contributed by atoms with Crippen molar-refractivity contribution in [3.63, 3.8) is 0 Å². The van der Waals surface area contributed by atoms with Crippen molar-refractivity contribution in [2.75, 3.05) is 25.1 Å². The maximum Gasteiger partial charge on any atom is 0.264 e. The molecule has 0 aromatic heterocycles. The zero-order valence-electron chi connectivity index (χ0n) is 26.9. The van der Waals surface area contributed by atoms with Crippen molar-refractivity contribution in [3.8, 4) is 11.5 Å². The summed E-state index contributed by atoms with van der Waals surface area (Å²) in [5, 5.41) is 2.97. The van der Waals surface area contributed by atoms with Crippen LogP contribution in [0.3, 0.4) is 0 Å². The quantitative estimate of drug-likeness (QED) is 0.178. The van der Waals surface area contributed by atoms with E-state index in [9.17, 15) is 18.0 Å². The summed E-state index contributed by atoms with van der Waals surface area (Å²) in [5.41, 5.74) is 1.19. The summed E-state index contributed by atoms with van der Waals surface area (Å²) in [7, 11) is -1.54. The Morgan fingerprint density at radius 1 is 0.851 bits per heavy atom. The van der Waals surface area contributed by atoms with E-state index in [1.165, 1.54) is 55.5 Å². The predicted octanol–water partition coefficient (Wildman–Crippen LogP) is 5.59. The number of ether oxygens (including phenoxy) is 2. The number of nitrogens with zero attached hydrogens (tertiary/aromatic N) is 2. The fraction of sp³-hybridized carbons (Fsp3) is 0.278. The lowest BCUT2D eigenvalue weighted by molar-refractivity contribution is -0.140. The van der Waals surface area contributed by atoms with Gasteiger partial charge < -0.3 is 19.7 Å². The SMILES string of the molecule is CC[C@H](C)NC(=O)[C@H](Cc1ccccc1)N(Cc1ccccc1F)C(=O)CN(c1ccccc1)S(=O)(=O)c1ccc(OC)c(OC)c1. The molecule has 0 saturated heterocycles. The average Bonchev–Trinajstić information content (AvgIpc) is 3.09. The number of amides is 2. The monoisotopic (exact) mass is 661 g/mol. The number of benzene rings is 4. The summed E-state index contributed by atoms with van der Waals surface area (Å²) >= 11 is 0. The van der Waals surface area contributed by atoms with Gasteiger partial charge in [0, 0.05) is 30.6 Å². The summed E-state index contributed by atoms with van der Waals surface area (Å²) in [6.45, 7) is 2.84. The summed E-state index contributed by atoms with van der Waals surface area (Å²) in [5.74, 6) is -1.15. The van der Waals surface area contributed by atoms with Crippen LogP contribution in [0.1, 0.15) is 31.4 Å². The summed E-state index contributed by atoms with van der Waals surface area (Å²) in [6, 6.07) is 26.2. The average molecular weight is 662 g/mol. The van der Waals surface area contributed by atoms with Crippen molar-refractivity contribution in [2.45, 2.75) is 50.2 Å². The Morgan fingerprint density at radius 2 is 1.47 bits per heavy atom. The van der Waals surface area contributed by atoms with Crippen molar-refractivity contribution in [1.82, 2.24) is 10.2 Å². The first-order chi connectivity index (χ1) is 22.6. The summed E-state index contributed by atoms with van der Waals surface area (Å²) < 4.78 is 55.2. The molecule has 4 aromatic rings. The molecule has 0 saturated carbocycles. The lowest BCUT2D eigenvalue weighted by Crippen LogP contribution is -2.54. The Labute approximate surface area is 276 Å². The molecule has 0 unspecified atom stereocenters. The number of carbonyl (C=O) groups is 2. The van der Waals surface area contributed by atoms with Crippen LogP contribution < -0.4 is 19.1 Å². The van der Waals surface area contributed by atoms with E-state index in [0.29, 0.717) is 12.2 Å². The number of rotatable bonds is 15. The fourth-order valence-electron chi connectivity index (χ4n) is 5.03. The fourth-order valence-corrected chi connectivity index (χ4v) is 6.46. The summed E-state index contributed by atoms with van der Waals surface area (Å²) in [6.07, 6.45) is 0.771. The van der Waals surface area contributed by atoms with E-state index in [-0.39, 0.29) is 40.9 Å². The molecule has 0 aliphatic carbocycles. The molecular weight excluding hydrogens is 621 g/mol. The van der Waals surface area contributed by atoms with Crippen LogP contribution in [0.15, 0.2) is 108 Å². The van der Waals surface area contributed by atoms with Crippen molar-refractivity contribution in [2.24, 2.45) is 0 Å². The van der Waals surface area contributed by atoms with Gasteiger partial charge in [0.2, 0.25) is 11.8 Å². The van der Waals surface area contributed by atoms with E-state index in [2.05, 4.69) is 5.32 Å². The molecule has 248 valence electrons. The molecule has 0 radical (unpaired) electrons. The van der Waals surface area contributed by atoms with Gasteiger partial charge in [0.05, 0.1) is 24.8 Å². The second kappa shape index (κ2) is 16.1. The highest BCUT2D eigenvalue weighted by atomic mass is 32.2. The van der Waals surface area contributed by atoms with Crippen LogP contribution in [-0.2, 0) is 32.6 Å². The molecule has 47 heavy (non-hydrogen) atoms. The van der Waals surface area contributed by atoms with Crippen LogP contribution >= 0.6 is 0 Å². The number of para-hydroxylation sites is 1. The van der Waals surface area contributed by atoms with Crippen LogP contribution in [0.2, 0.25) is 0 Å². The molecule has 0 fully saturated rings. The van der Waals surface area contributed by atoms with E-state index >= 15 is 4.39 Å². The van der Waals surface area contributed by atoms with Gasteiger partial charge in [-0.2, -0.15) is 0 Å². The summed E-state index contributed by atoms with van der Waals surface area (Å²) in [4.78, 5) is 29.5. The van der Waals surface area contributed by atoms with Crippen molar-refractivity contribution in [3.05, 3.63) is 120 Å². The van der Waals surface area contributed by atoms with Gasteiger partial charge in [-0.05, 0) is 49.2 Å². The first-order valence-electron chi connectivity index (χ1n) is 15.3. The van der Waals surface area contributed by atoms with Crippen LogP contribution in [0.25, 0.3) is 0 Å². The van der Waals surface area contributed by atoms with Gasteiger partial charge >= 0.3 is 0 Å². The van der Waals surface area contributed by atoms with E-state index < -0.39 is 40.2 Å². The van der Waals surface area contributed by atoms with E-state index in [0.717, 1.165) is 9.87 Å². The molecule has 0 spiro atoms. The highest BCUT2D eigenvalue weighted by Crippen LogP contribution is 2.32. The third-order valence-electron chi connectivity index (χ3n) is 7.84. The van der Waals surface area contributed by atoms with Crippen LogP contribution in [0.5, 0.6) is 11.5 Å². The highest BCUT2D eigenvalue weighted by molar-refractivity contribution is 7.92. The predicted molar refractivity (Wildman–Crippen MR) is 179 cm³/mol. The minimum Gasteiger partial charge on any atom is -0.493 e. The number of hydrogen-bond acceptors (Lipinski definition) is 6. The number of anilines is 1. The highest BCUT2D eigenvalue weighted by Gasteiger charge is 2.35. The van der Waals surface area contributed by atoms with Crippen LogP contribution in [0, 0.1) is 5.82 Å². The third kappa shape index (κ3) is 8.68. The van der Waals surface area contributed by atoms with Crippen LogP contribution in [-0.4, -0.2) is 58.0 Å². The van der Waals surface area contributed by atoms with Crippen LogP contribution in [0.4, 0.5) is 10.1 Å². The Kier molecular flexibility index (Phi) is 12.0. The standard InChI is InChI=1S/C36H40FN3O6S/c1-5-26(2)38-36(42)32(22-27-14-8-6-9-15-27)39(24-28-16-12-13-19-31(28)37)35(41)25-40(29-17-10-7-11-18-29)47(43,44)30-20-21-33(45-3)34(23-30)46-4/h6-21,23,26,32H,5,22,24-25H2,1-4H3,(H,38,42)/t26-,32-/m0/s1. The topological polar surface area (TPSA) is 105 Å². The number of sulfonamides is 1. The van der Waals surface area contributed by atoms with Gasteiger partial charge in [0.1, 0.15) is 18.4 Å². The maximum atomic E-state index is 15.1. The number of carbonyl (C=O) groups excluding carboxylic acids is 2. The number of nitrogens with one attached hydrogen (secondary N) is 1. The van der Waals surface area contributed by atoms with E-state index in [1.54, 1.807) is 36.4 Å². The minimum absolute atomic E-state index is 0.122. The zero-order chi connectivity index (χ0) is 34.0. The van der Waals surface area contributed by atoms with E-state index in [4.69, 9.17) is 9.47 Å². The smallest absolute Gasteiger partial charge is 0.264 e. The number of methoxy groups -OCH3 is 2. The molecule has 4 aromatic carbocycles. The molecule has 0 bridgehead atoms.